The number of aryl methyl sites for hydroxylation is 1. The summed E-state index contributed by atoms with van der Waals surface area (Å²) in [5.41, 5.74) is 1.78. The van der Waals surface area contributed by atoms with Crippen molar-refractivity contribution >= 4 is 15.9 Å². The number of nitrogens with zero attached hydrogens (tertiary/aromatic N) is 1. The molecule has 5 nitrogen and oxygen atoms in total. The lowest BCUT2D eigenvalue weighted by atomic mass is 10.0. The molecule has 1 amide bonds. The van der Waals surface area contributed by atoms with E-state index in [0.717, 1.165) is 11.1 Å². The van der Waals surface area contributed by atoms with E-state index in [1.807, 2.05) is 39.0 Å². The molecule has 0 radical (unpaired) electrons. The molecule has 1 unspecified atom stereocenters. The van der Waals surface area contributed by atoms with Gasteiger partial charge in [0.1, 0.15) is 6.04 Å². The lowest BCUT2D eigenvalue weighted by Gasteiger charge is -2.36. The van der Waals surface area contributed by atoms with E-state index in [1.54, 1.807) is 6.07 Å². The van der Waals surface area contributed by atoms with Crippen LogP contribution in [-0.4, -0.2) is 37.8 Å². The van der Waals surface area contributed by atoms with Crippen LogP contribution < -0.4 is 5.32 Å². The molecule has 0 saturated carbocycles. The van der Waals surface area contributed by atoms with Gasteiger partial charge in [-0.25, -0.2) is 8.42 Å². The minimum Gasteiger partial charge on any atom is -0.353 e. The molecule has 116 valence electrons. The van der Waals surface area contributed by atoms with Gasteiger partial charge in [-0.15, -0.1) is 0 Å². The van der Waals surface area contributed by atoms with Gasteiger partial charge in [0.15, 0.2) is 0 Å². The summed E-state index contributed by atoms with van der Waals surface area (Å²) < 4.78 is 26.7. The van der Waals surface area contributed by atoms with Crippen LogP contribution in [0, 0.1) is 12.8 Å². The number of hydrogen-bond acceptors (Lipinski definition) is 3. The lowest BCUT2D eigenvalue weighted by molar-refractivity contribution is -0.128. The highest BCUT2D eigenvalue weighted by Crippen LogP contribution is 2.21. The third-order valence-electron chi connectivity index (χ3n) is 3.63. The number of rotatable bonds is 4. The summed E-state index contributed by atoms with van der Waals surface area (Å²) in [6.45, 7) is 6.37. The molecule has 1 heterocycles. The van der Waals surface area contributed by atoms with Gasteiger partial charge in [0.05, 0.1) is 5.75 Å². The van der Waals surface area contributed by atoms with Crippen molar-refractivity contribution in [1.29, 1.82) is 0 Å². The van der Waals surface area contributed by atoms with Crippen LogP contribution in [0.1, 0.15) is 25.0 Å². The van der Waals surface area contributed by atoms with Crippen LogP contribution in [0.3, 0.4) is 0 Å². The fraction of sp³-hybridized carbons (Fsp3) is 0.533. The molecule has 2 rings (SSSR count). The number of hydrogen-bond donors (Lipinski definition) is 1. The zero-order valence-corrected chi connectivity index (χ0v) is 13.5. The first-order valence-corrected chi connectivity index (χ1v) is 8.75. The van der Waals surface area contributed by atoms with E-state index in [9.17, 15) is 13.2 Å². The molecule has 6 heteroatoms. The van der Waals surface area contributed by atoms with Crippen molar-refractivity contribution in [2.24, 2.45) is 5.92 Å². The Hall–Kier alpha value is -1.40. The summed E-state index contributed by atoms with van der Waals surface area (Å²) in [5.74, 6) is -0.327. The Kier molecular flexibility index (Phi) is 4.68. The SMILES string of the molecule is Cc1cccc(CS(=O)(=O)N2CCNC(=O)C2C(C)C)c1. The van der Waals surface area contributed by atoms with E-state index in [-0.39, 0.29) is 17.6 Å². The molecule has 1 aromatic rings. The molecule has 1 aliphatic rings. The maximum Gasteiger partial charge on any atom is 0.238 e. The van der Waals surface area contributed by atoms with Crippen molar-refractivity contribution in [1.82, 2.24) is 9.62 Å². The van der Waals surface area contributed by atoms with Gasteiger partial charge in [-0.2, -0.15) is 4.31 Å². The summed E-state index contributed by atoms with van der Waals surface area (Å²) in [6, 6.07) is 6.84. The minimum absolute atomic E-state index is 0.0578. The van der Waals surface area contributed by atoms with E-state index in [1.165, 1.54) is 4.31 Å². The van der Waals surface area contributed by atoms with Gasteiger partial charge < -0.3 is 5.32 Å². The van der Waals surface area contributed by atoms with Gasteiger partial charge in [0.2, 0.25) is 15.9 Å². The smallest absolute Gasteiger partial charge is 0.238 e. The first-order valence-electron chi connectivity index (χ1n) is 7.14. The molecule has 0 spiro atoms. The standard InChI is InChI=1S/C15H22N2O3S/c1-11(2)14-15(18)16-7-8-17(14)21(19,20)10-13-6-4-5-12(3)9-13/h4-6,9,11,14H,7-8,10H2,1-3H3,(H,16,18). The molecular weight excluding hydrogens is 288 g/mol. The number of piperazine rings is 1. The van der Waals surface area contributed by atoms with Crippen LogP contribution in [0.5, 0.6) is 0 Å². The lowest BCUT2D eigenvalue weighted by Crippen LogP contribution is -2.59. The number of nitrogens with one attached hydrogen (secondary N) is 1. The normalized spacial score (nSPS) is 20.6. The van der Waals surface area contributed by atoms with Gasteiger partial charge >= 0.3 is 0 Å². The molecule has 0 bridgehead atoms. The van der Waals surface area contributed by atoms with E-state index in [0.29, 0.717) is 13.1 Å². The van der Waals surface area contributed by atoms with Crippen LogP contribution in [-0.2, 0) is 20.6 Å². The van der Waals surface area contributed by atoms with E-state index in [4.69, 9.17) is 0 Å². The summed E-state index contributed by atoms with van der Waals surface area (Å²) in [4.78, 5) is 12.0. The molecule has 0 aliphatic carbocycles. The van der Waals surface area contributed by atoms with Gasteiger partial charge in [0.25, 0.3) is 0 Å². The second-order valence-electron chi connectivity index (χ2n) is 5.84. The van der Waals surface area contributed by atoms with Gasteiger partial charge in [-0.1, -0.05) is 43.7 Å². The molecule has 1 aliphatic heterocycles. The Morgan fingerprint density at radius 3 is 2.71 bits per heavy atom. The van der Waals surface area contributed by atoms with Gasteiger partial charge in [-0.05, 0) is 18.4 Å². The van der Waals surface area contributed by atoms with E-state index >= 15 is 0 Å². The quantitative estimate of drug-likeness (QED) is 0.911. The van der Waals surface area contributed by atoms with E-state index < -0.39 is 16.1 Å². The van der Waals surface area contributed by atoms with Crippen LogP contribution in [0.2, 0.25) is 0 Å². The Labute approximate surface area is 126 Å². The number of benzene rings is 1. The largest absolute Gasteiger partial charge is 0.353 e. The molecule has 1 atom stereocenters. The van der Waals surface area contributed by atoms with Crippen LogP contribution in [0.4, 0.5) is 0 Å². The number of sulfonamides is 1. The molecule has 1 saturated heterocycles. The molecule has 21 heavy (non-hydrogen) atoms. The molecule has 0 aromatic heterocycles. The first kappa shape index (κ1) is 16.0. The maximum atomic E-state index is 12.7. The average Bonchev–Trinajstić information content (AvgIpc) is 2.37. The Morgan fingerprint density at radius 1 is 1.38 bits per heavy atom. The molecule has 1 N–H and O–H groups in total. The highest BCUT2D eigenvalue weighted by Gasteiger charge is 2.39. The minimum atomic E-state index is -3.51. The zero-order chi connectivity index (χ0) is 15.6. The highest BCUT2D eigenvalue weighted by molar-refractivity contribution is 7.88. The molecule has 1 fully saturated rings. The number of amides is 1. The predicted molar refractivity (Wildman–Crippen MR) is 82.1 cm³/mol. The van der Waals surface area contributed by atoms with Crippen molar-refractivity contribution in [2.45, 2.75) is 32.6 Å². The Bertz CT molecular complexity index is 626. The van der Waals surface area contributed by atoms with E-state index in [2.05, 4.69) is 5.32 Å². The summed E-state index contributed by atoms with van der Waals surface area (Å²) >= 11 is 0. The number of carbonyl (C=O) groups is 1. The first-order chi connectivity index (χ1) is 9.81. The zero-order valence-electron chi connectivity index (χ0n) is 12.7. The third-order valence-corrected chi connectivity index (χ3v) is 5.45. The summed E-state index contributed by atoms with van der Waals surface area (Å²) in [7, 11) is -3.51. The second-order valence-corrected chi connectivity index (χ2v) is 7.76. The third kappa shape index (κ3) is 3.63. The topological polar surface area (TPSA) is 66.5 Å². The molecule has 1 aromatic carbocycles. The van der Waals surface area contributed by atoms with Crippen LogP contribution in [0.25, 0.3) is 0 Å². The van der Waals surface area contributed by atoms with Crippen molar-refractivity contribution < 1.29 is 13.2 Å². The summed E-state index contributed by atoms with van der Waals surface area (Å²) in [5, 5.41) is 2.74. The Morgan fingerprint density at radius 2 is 2.10 bits per heavy atom. The maximum absolute atomic E-state index is 12.7. The van der Waals surface area contributed by atoms with Crippen LogP contribution >= 0.6 is 0 Å². The average molecular weight is 310 g/mol. The second kappa shape index (κ2) is 6.15. The molecular formula is C15H22N2O3S. The van der Waals surface area contributed by atoms with Gasteiger partial charge in [-0.3, -0.25) is 4.79 Å². The Balaban J connectivity index is 2.27. The van der Waals surface area contributed by atoms with Crippen molar-refractivity contribution in [3.8, 4) is 0 Å². The van der Waals surface area contributed by atoms with Gasteiger partial charge in [0, 0.05) is 13.1 Å². The van der Waals surface area contributed by atoms with Crippen LogP contribution in [0.15, 0.2) is 24.3 Å². The number of carbonyl (C=O) groups excluding carboxylic acids is 1. The summed E-state index contributed by atoms with van der Waals surface area (Å²) in [6.07, 6.45) is 0. The highest BCUT2D eigenvalue weighted by atomic mass is 32.2. The fourth-order valence-electron chi connectivity index (χ4n) is 2.71. The van der Waals surface area contributed by atoms with Crippen molar-refractivity contribution in [3.05, 3.63) is 35.4 Å². The van der Waals surface area contributed by atoms with Crippen molar-refractivity contribution in [3.63, 3.8) is 0 Å². The predicted octanol–water partition coefficient (Wildman–Crippen LogP) is 1.28. The fourth-order valence-corrected chi connectivity index (χ4v) is 4.53. The monoisotopic (exact) mass is 310 g/mol. The van der Waals surface area contributed by atoms with Crippen molar-refractivity contribution in [2.75, 3.05) is 13.1 Å².